The Hall–Kier alpha value is -0.790. The van der Waals surface area contributed by atoms with E-state index in [9.17, 15) is 4.79 Å². The largest absolute Gasteiger partial charge is 0.337 e. The van der Waals surface area contributed by atoms with Crippen molar-refractivity contribution in [2.45, 2.75) is 65.8 Å². The van der Waals surface area contributed by atoms with Crippen molar-refractivity contribution in [2.75, 3.05) is 6.54 Å². The van der Waals surface area contributed by atoms with Crippen LogP contribution in [0.2, 0.25) is 0 Å². The van der Waals surface area contributed by atoms with E-state index in [1.807, 2.05) is 4.90 Å². The van der Waals surface area contributed by atoms with Gasteiger partial charge in [-0.25, -0.2) is 0 Å². The second-order valence-electron chi connectivity index (χ2n) is 4.79. The number of rotatable bonds is 8. The normalized spacial score (nSPS) is 10.6. The van der Waals surface area contributed by atoms with Crippen LogP contribution < -0.4 is 0 Å². The molecule has 0 aromatic heterocycles. The Morgan fingerprint density at radius 2 is 1.75 bits per heavy atom. The summed E-state index contributed by atoms with van der Waals surface area (Å²) in [5.41, 5.74) is 0.641. The maximum Gasteiger partial charge on any atom is 0.249 e. The molecular formula is C14H27NO. The third-order valence-corrected chi connectivity index (χ3v) is 2.75. The maximum absolute atomic E-state index is 11.8. The third kappa shape index (κ3) is 5.94. The van der Waals surface area contributed by atoms with Gasteiger partial charge >= 0.3 is 0 Å². The molecule has 0 aliphatic rings. The fourth-order valence-electron chi connectivity index (χ4n) is 1.73. The van der Waals surface area contributed by atoms with Gasteiger partial charge in [-0.15, -0.1) is 0 Å². The van der Waals surface area contributed by atoms with Crippen LogP contribution >= 0.6 is 0 Å². The van der Waals surface area contributed by atoms with Crippen molar-refractivity contribution in [3.05, 3.63) is 12.2 Å². The zero-order valence-electron chi connectivity index (χ0n) is 11.4. The van der Waals surface area contributed by atoms with Crippen molar-refractivity contribution >= 4 is 5.91 Å². The van der Waals surface area contributed by atoms with Gasteiger partial charge in [-0.2, -0.15) is 0 Å². The van der Waals surface area contributed by atoms with Gasteiger partial charge in [-0.05, 0) is 27.2 Å². The Bertz CT molecular complexity index is 221. The summed E-state index contributed by atoms with van der Waals surface area (Å²) in [4.78, 5) is 13.8. The summed E-state index contributed by atoms with van der Waals surface area (Å²) in [5.74, 6) is 0.102. The predicted octanol–water partition coefficient (Wildman–Crippen LogP) is 3.77. The highest BCUT2D eigenvalue weighted by Crippen LogP contribution is 2.09. The van der Waals surface area contributed by atoms with E-state index in [0.717, 1.165) is 13.0 Å². The zero-order chi connectivity index (χ0) is 12.6. The van der Waals surface area contributed by atoms with Crippen molar-refractivity contribution < 1.29 is 4.79 Å². The number of carbonyl (C=O) groups excluding carboxylic acids is 1. The number of amides is 1. The Kier molecular flexibility index (Phi) is 7.96. The van der Waals surface area contributed by atoms with Gasteiger partial charge < -0.3 is 4.90 Å². The molecule has 94 valence electrons. The van der Waals surface area contributed by atoms with E-state index in [1.54, 1.807) is 6.92 Å². The average molecular weight is 225 g/mol. The van der Waals surface area contributed by atoms with Gasteiger partial charge in [0.15, 0.2) is 0 Å². The molecule has 2 nitrogen and oxygen atoms in total. The maximum atomic E-state index is 11.8. The van der Waals surface area contributed by atoms with E-state index in [4.69, 9.17) is 0 Å². The summed E-state index contributed by atoms with van der Waals surface area (Å²) < 4.78 is 0. The lowest BCUT2D eigenvalue weighted by Gasteiger charge is -2.27. The summed E-state index contributed by atoms with van der Waals surface area (Å²) in [7, 11) is 0. The first-order chi connectivity index (χ1) is 7.50. The quantitative estimate of drug-likeness (QED) is 0.455. The number of unbranched alkanes of at least 4 members (excludes halogenated alkanes) is 4. The monoisotopic (exact) mass is 225 g/mol. The number of carbonyl (C=O) groups is 1. The molecule has 2 heteroatoms. The van der Waals surface area contributed by atoms with Crippen LogP contribution in [0, 0.1) is 0 Å². The van der Waals surface area contributed by atoms with Crippen molar-refractivity contribution in [1.29, 1.82) is 0 Å². The van der Waals surface area contributed by atoms with E-state index in [-0.39, 0.29) is 11.9 Å². The molecule has 0 aromatic carbocycles. The van der Waals surface area contributed by atoms with Crippen molar-refractivity contribution in [1.82, 2.24) is 4.90 Å². The lowest BCUT2D eigenvalue weighted by Crippen LogP contribution is -2.38. The minimum atomic E-state index is 0.102. The molecule has 16 heavy (non-hydrogen) atoms. The van der Waals surface area contributed by atoms with Gasteiger partial charge in [0.05, 0.1) is 0 Å². The molecule has 0 N–H and O–H groups in total. The first kappa shape index (κ1) is 15.2. The van der Waals surface area contributed by atoms with Gasteiger partial charge in [-0.3, -0.25) is 4.79 Å². The summed E-state index contributed by atoms with van der Waals surface area (Å²) in [6.45, 7) is 12.7. The molecule has 0 aliphatic heterocycles. The fourth-order valence-corrected chi connectivity index (χ4v) is 1.73. The van der Waals surface area contributed by atoms with Gasteiger partial charge in [0, 0.05) is 18.2 Å². The van der Waals surface area contributed by atoms with Crippen LogP contribution in [0.3, 0.4) is 0 Å². The lowest BCUT2D eigenvalue weighted by atomic mass is 10.1. The Morgan fingerprint density at radius 1 is 1.19 bits per heavy atom. The highest BCUT2D eigenvalue weighted by atomic mass is 16.2. The van der Waals surface area contributed by atoms with E-state index < -0.39 is 0 Å². The number of nitrogens with zero attached hydrogens (tertiary/aromatic N) is 1. The molecule has 0 unspecified atom stereocenters. The molecule has 0 heterocycles. The lowest BCUT2D eigenvalue weighted by molar-refractivity contribution is -0.128. The van der Waals surface area contributed by atoms with Crippen LogP contribution in [0.4, 0.5) is 0 Å². The van der Waals surface area contributed by atoms with Crippen molar-refractivity contribution in [2.24, 2.45) is 0 Å². The van der Waals surface area contributed by atoms with Crippen LogP contribution in [-0.2, 0) is 4.79 Å². The number of hydrogen-bond donors (Lipinski definition) is 0. The molecule has 0 atom stereocenters. The fraction of sp³-hybridized carbons (Fsp3) is 0.786. The summed E-state index contributed by atoms with van der Waals surface area (Å²) in [6, 6.07) is 0.273. The minimum Gasteiger partial charge on any atom is -0.337 e. The molecule has 0 saturated heterocycles. The molecule has 1 amide bonds. The Morgan fingerprint density at radius 3 is 2.19 bits per heavy atom. The number of hydrogen-bond acceptors (Lipinski definition) is 1. The minimum absolute atomic E-state index is 0.102. The molecule has 0 aliphatic carbocycles. The second-order valence-corrected chi connectivity index (χ2v) is 4.79. The van der Waals surface area contributed by atoms with E-state index in [1.165, 1.54) is 25.7 Å². The van der Waals surface area contributed by atoms with Crippen molar-refractivity contribution in [3.63, 3.8) is 0 Å². The zero-order valence-corrected chi connectivity index (χ0v) is 11.4. The van der Waals surface area contributed by atoms with Crippen molar-refractivity contribution in [3.8, 4) is 0 Å². The molecule has 0 rings (SSSR count). The highest BCUT2D eigenvalue weighted by molar-refractivity contribution is 5.92. The Labute approximate surface area is 101 Å². The first-order valence-electron chi connectivity index (χ1n) is 6.47. The van der Waals surface area contributed by atoms with Crippen LogP contribution in [0.5, 0.6) is 0 Å². The van der Waals surface area contributed by atoms with Crippen LogP contribution in [-0.4, -0.2) is 23.4 Å². The van der Waals surface area contributed by atoms with E-state index in [2.05, 4.69) is 27.4 Å². The second kappa shape index (κ2) is 8.37. The van der Waals surface area contributed by atoms with Gasteiger partial charge in [0.2, 0.25) is 5.91 Å². The Balaban J connectivity index is 3.96. The smallest absolute Gasteiger partial charge is 0.249 e. The third-order valence-electron chi connectivity index (χ3n) is 2.75. The van der Waals surface area contributed by atoms with Crippen LogP contribution in [0.1, 0.15) is 59.8 Å². The van der Waals surface area contributed by atoms with E-state index in [0.29, 0.717) is 5.57 Å². The first-order valence-corrected chi connectivity index (χ1v) is 6.47. The molecule has 0 spiro atoms. The SMILES string of the molecule is C=C(C)C(=O)N(CCCCCCC)C(C)C. The van der Waals surface area contributed by atoms with Gasteiger partial charge in [0.1, 0.15) is 0 Å². The summed E-state index contributed by atoms with van der Waals surface area (Å²) >= 11 is 0. The summed E-state index contributed by atoms with van der Waals surface area (Å²) in [5, 5.41) is 0. The predicted molar refractivity (Wildman–Crippen MR) is 70.4 cm³/mol. The molecule has 0 fully saturated rings. The van der Waals surface area contributed by atoms with Crippen LogP contribution in [0.15, 0.2) is 12.2 Å². The van der Waals surface area contributed by atoms with Gasteiger partial charge in [-0.1, -0.05) is 39.2 Å². The topological polar surface area (TPSA) is 20.3 Å². The molecule has 0 radical (unpaired) electrons. The van der Waals surface area contributed by atoms with Gasteiger partial charge in [0.25, 0.3) is 0 Å². The molecule has 0 bridgehead atoms. The standard InChI is InChI=1S/C14H27NO/c1-6-7-8-9-10-11-15(13(4)5)14(16)12(2)3/h13H,2,6-11H2,1,3-5H3. The molecule has 0 aromatic rings. The molecule has 0 saturated carbocycles. The molecular weight excluding hydrogens is 198 g/mol. The highest BCUT2D eigenvalue weighted by Gasteiger charge is 2.16. The van der Waals surface area contributed by atoms with E-state index >= 15 is 0 Å². The average Bonchev–Trinajstić information content (AvgIpc) is 2.21. The summed E-state index contributed by atoms with van der Waals surface area (Å²) in [6.07, 6.45) is 6.18. The van der Waals surface area contributed by atoms with Crippen LogP contribution in [0.25, 0.3) is 0 Å².